The van der Waals surface area contributed by atoms with Gasteiger partial charge in [0.25, 0.3) is 0 Å². The van der Waals surface area contributed by atoms with Gasteiger partial charge in [-0.25, -0.2) is 14.4 Å². The molecule has 5 heterocycles. The molecule has 0 saturated carbocycles. The van der Waals surface area contributed by atoms with Crippen LogP contribution in [0.25, 0.3) is 12.2 Å². The number of aliphatic hydroxyl groups excluding tert-OH is 13. The third kappa shape index (κ3) is 16.5. The zero-order valence-electron chi connectivity index (χ0n) is 48.3. The number of aromatic hydroxyl groups is 2. The molecule has 8 rings (SSSR count). The Morgan fingerprint density at radius 1 is 0.516 bits per heavy atom. The molecule has 3 aromatic rings. The summed E-state index contributed by atoms with van der Waals surface area (Å²) in [4.78, 5) is 55.0. The third-order valence-electron chi connectivity index (χ3n) is 15.2. The van der Waals surface area contributed by atoms with Crippen LogP contribution in [0.5, 0.6) is 17.2 Å². The molecule has 3 aromatic carbocycles. The van der Waals surface area contributed by atoms with E-state index in [4.69, 9.17) is 66.3 Å². The van der Waals surface area contributed by atoms with Crippen LogP contribution >= 0.6 is 0 Å². The number of esters is 4. The minimum absolute atomic E-state index is 0.0317. The molecule has 0 unspecified atom stereocenters. The summed E-state index contributed by atoms with van der Waals surface area (Å²) in [5.41, 5.74) is 0.434. The van der Waals surface area contributed by atoms with Gasteiger partial charge >= 0.3 is 23.9 Å². The minimum Gasteiger partial charge on any atom is -0.508 e. The number of aliphatic hydroxyl groups is 13. The van der Waals surface area contributed by atoms with E-state index in [0.717, 1.165) is 19.1 Å². The van der Waals surface area contributed by atoms with Crippen LogP contribution in [-0.4, -0.2) is 294 Å². The first-order valence-corrected chi connectivity index (χ1v) is 28.2. The highest BCUT2D eigenvalue weighted by molar-refractivity contribution is 5.90. The fourth-order valence-electron chi connectivity index (χ4n) is 10.4. The molecule has 0 amide bonds. The van der Waals surface area contributed by atoms with Crippen molar-refractivity contribution >= 4 is 36.0 Å². The molecule has 0 radical (unpaired) electrons. The second-order valence-corrected chi connectivity index (χ2v) is 21.4. The van der Waals surface area contributed by atoms with Gasteiger partial charge in [-0.3, -0.25) is 4.79 Å². The number of carbonyl (C=O) groups excluding carboxylic acids is 4. The Balaban J connectivity index is 1.29. The Kier molecular flexibility index (Phi) is 24.3. The second-order valence-electron chi connectivity index (χ2n) is 21.4. The van der Waals surface area contributed by atoms with Crippen molar-refractivity contribution in [1.29, 1.82) is 0 Å². The topological polar surface area (TPSA) is 501 Å². The Hall–Kier alpha value is -6.46. The molecule has 5 fully saturated rings. The van der Waals surface area contributed by atoms with E-state index in [2.05, 4.69) is 0 Å². The number of hydrogen-bond donors (Lipinski definition) is 15. The maximum Gasteiger partial charge on any atom is 0.338 e. The molecule has 0 aliphatic carbocycles. The van der Waals surface area contributed by atoms with Crippen molar-refractivity contribution in [1.82, 2.24) is 0 Å². The van der Waals surface area contributed by atoms with Crippen LogP contribution in [0.2, 0.25) is 0 Å². The summed E-state index contributed by atoms with van der Waals surface area (Å²) in [5, 5.41) is 163. The van der Waals surface area contributed by atoms with Crippen LogP contribution in [0.3, 0.4) is 0 Å². The maximum absolute atomic E-state index is 14.4. The molecule has 0 aromatic heterocycles. The summed E-state index contributed by atoms with van der Waals surface area (Å²) < 4.78 is 83.3. The van der Waals surface area contributed by atoms with E-state index in [1.807, 2.05) is 0 Å². The predicted molar refractivity (Wildman–Crippen MR) is 294 cm³/mol. The number of methoxy groups -OCH3 is 1. The number of benzene rings is 3. The van der Waals surface area contributed by atoms with Crippen LogP contribution in [0, 0.1) is 0 Å². The standard InChI is InChI=1S/C58H72O33/c1-25(63)79-23-36-48(85-38(67)17-12-27-10-15-30(65)31(18-27)78-2)50(87-56-47(76)49(41(70)34(21-61)83-56)86-54-45(74)43(72)39(68)32(19-59)81-54)51(88-55-46(75)44(73)40(69)33(20-60)82-55)57(84-36)91-58(24-80-37(66)16-11-26-8-13-29(64)14-9-26)52(42(71)35(22-62)90-58)89-53(77)28-6-4-3-5-7-28/h3-18,32-36,39-52,54-57,59-62,64-65,68-76H,19-24H2,1-2H3/b16-11+,17-12+/t32-,33-,34-,35-,36-,39-,40-,41-,42-,43+,44+,45-,46-,47-,48-,49+,50+,51-,52-,54-,55+,56-,57-,58+/m1/s1. The summed E-state index contributed by atoms with van der Waals surface area (Å²) in [7, 11) is 1.25. The fraction of sp³-hybridized carbons (Fsp3) is 0.552. The number of phenols is 2. The first-order valence-electron chi connectivity index (χ1n) is 28.2. The number of rotatable bonds is 24. The van der Waals surface area contributed by atoms with E-state index in [1.54, 1.807) is 6.07 Å². The Labute approximate surface area is 516 Å². The molecule has 5 saturated heterocycles. The second kappa shape index (κ2) is 31.4. The zero-order valence-corrected chi connectivity index (χ0v) is 48.3. The number of carbonyl (C=O) groups is 4. The van der Waals surface area contributed by atoms with E-state index in [0.29, 0.717) is 5.56 Å². The monoisotopic (exact) mass is 1300 g/mol. The van der Waals surface area contributed by atoms with Crippen molar-refractivity contribution in [2.45, 2.75) is 154 Å². The molecule has 33 nitrogen and oxygen atoms in total. The SMILES string of the molecule is COc1cc(/C=C/C(=O)O[C@H]2[C@H](O[C@H]3O[C@H](CO)[C@@H](O)[C@H](O[C@H]4O[C@H](CO)[C@@H](O)[C@H](O)[C@H]4O)[C@H]3O)[C@@H](O[C@@H]3O[C@H](CO)[C@@H](O)[C@H](O)[C@H]3O)[C@@H](O[C@]3(COC(=O)/C=C/c4ccc(O)cc4)O[C@H](CO)[C@@H](O)[C@H]3OC(=O)c3ccccc3)O[C@@H]2COC(C)=O)ccc1O. The van der Waals surface area contributed by atoms with E-state index < -0.39 is 210 Å². The molecule has 0 bridgehead atoms. The van der Waals surface area contributed by atoms with Gasteiger partial charge in [0.15, 0.2) is 48.9 Å². The summed E-state index contributed by atoms with van der Waals surface area (Å²) >= 11 is 0. The van der Waals surface area contributed by atoms with Crippen molar-refractivity contribution < 1.29 is 162 Å². The van der Waals surface area contributed by atoms with Crippen LogP contribution in [0.4, 0.5) is 0 Å². The maximum atomic E-state index is 14.4. The van der Waals surface area contributed by atoms with Gasteiger partial charge < -0.3 is 143 Å². The molecule has 15 N–H and O–H groups in total. The van der Waals surface area contributed by atoms with E-state index in [-0.39, 0.29) is 28.4 Å². The van der Waals surface area contributed by atoms with Gasteiger partial charge in [0.05, 0.1) is 39.1 Å². The van der Waals surface area contributed by atoms with Crippen LogP contribution in [-0.2, 0) is 76.0 Å². The lowest BCUT2D eigenvalue weighted by atomic mass is 9.95. The number of ether oxygens (including phenoxy) is 14. The zero-order chi connectivity index (χ0) is 66.0. The predicted octanol–water partition coefficient (Wildman–Crippen LogP) is -5.54. The van der Waals surface area contributed by atoms with E-state index in [9.17, 15) is 95.8 Å². The van der Waals surface area contributed by atoms with Crippen molar-refractivity contribution in [3.05, 3.63) is 102 Å². The first-order chi connectivity index (χ1) is 43.4. The highest BCUT2D eigenvalue weighted by Crippen LogP contribution is 2.43. The van der Waals surface area contributed by atoms with Crippen LogP contribution < -0.4 is 4.74 Å². The molecular weight excluding hydrogens is 1220 g/mol. The Morgan fingerprint density at radius 3 is 1.63 bits per heavy atom. The normalized spacial score (nSPS) is 36.8. The first kappa shape index (κ1) is 70.4. The quantitative estimate of drug-likeness (QED) is 0.0226. The molecule has 91 heavy (non-hydrogen) atoms. The van der Waals surface area contributed by atoms with Gasteiger partial charge in [-0.1, -0.05) is 36.4 Å². The average molecular weight is 1300 g/mol. The lowest BCUT2D eigenvalue weighted by Gasteiger charge is -2.51. The summed E-state index contributed by atoms with van der Waals surface area (Å²) in [6.45, 7) is -5.62. The van der Waals surface area contributed by atoms with Gasteiger partial charge in [0, 0.05) is 19.1 Å². The Morgan fingerprint density at radius 2 is 1.04 bits per heavy atom. The molecule has 5 aliphatic rings. The molecule has 33 heteroatoms. The van der Waals surface area contributed by atoms with Crippen molar-refractivity contribution in [3.63, 3.8) is 0 Å². The molecule has 24 atom stereocenters. The lowest BCUT2D eigenvalue weighted by Crippen LogP contribution is -2.69. The summed E-state index contributed by atoms with van der Waals surface area (Å²) in [5.74, 6) is -8.15. The molecular formula is C58H72O33. The average Bonchev–Trinajstić information content (AvgIpc) is 1.75. The van der Waals surface area contributed by atoms with Crippen LogP contribution in [0.15, 0.2) is 84.9 Å². The molecule has 5 aliphatic heterocycles. The van der Waals surface area contributed by atoms with Gasteiger partial charge in [0.1, 0.15) is 123 Å². The minimum atomic E-state index is -2.99. The third-order valence-corrected chi connectivity index (χ3v) is 15.2. The lowest BCUT2D eigenvalue weighted by molar-refractivity contribution is -0.423. The highest BCUT2D eigenvalue weighted by atomic mass is 16.8. The van der Waals surface area contributed by atoms with Gasteiger partial charge in [-0.15, -0.1) is 0 Å². The number of phenolic OH excluding ortho intramolecular Hbond substituents is 2. The van der Waals surface area contributed by atoms with E-state index in [1.165, 1.54) is 86.0 Å². The largest absolute Gasteiger partial charge is 0.508 e. The summed E-state index contributed by atoms with van der Waals surface area (Å²) in [6, 6.07) is 16.4. The van der Waals surface area contributed by atoms with Crippen LogP contribution in [0.1, 0.15) is 28.4 Å². The van der Waals surface area contributed by atoms with Gasteiger partial charge in [-0.2, -0.15) is 0 Å². The van der Waals surface area contributed by atoms with Crippen molar-refractivity contribution in [2.75, 3.05) is 46.8 Å². The van der Waals surface area contributed by atoms with Gasteiger partial charge in [-0.05, 0) is 59.7 Å². The number of hydrogen-bond acceptors (Lipinski definition) is 33. The summed E-state index contributed by atoms with van der Waals surface area (Å²) in [6.07, 6.45) is -45.3. The fourth-order valence-corrected chi connectivity index (χ4v) is 10.4. The smallest absolute Gasteiger partial charge is 0.338 e. The van der Waals surface area contributed by atoms with Gasteiger partial charge in [0.2, 0.25) is 5.79 Å². The van der Waals surface area contributed by atoms with Crippen molar-refractivity contribution in [3.8, 4) is 17.2 Å². The molecule has 0 spiro atoms. The highest BCUT2D eigenvalue weighted by Gasteiger charge is 2.64. The van der Waals surface area contributed by atoms with Crippen molar-refractivity contribution in [2.24, 2.45) is 0 Å². The van der Waals surface area contributed by atoms with E-state index >= 15 is 0 Å². The Bertz CT molecular complexity index is 2930. The molecule has 502 valence electrons.